The molecule has 4 nitrogen and oxygen atoms in total. The molecule has 1 aromatic carbocycles. The number of amides is 1. The summed E-state index contributed by atoms with van der Waals surface area (Å²) in [6, 6.07) is 9.02. The lowest BCUT2D eigenvalue weighted by atomic mass is 9.99. The Morgan fingerprint density at radius 2 is 2.05 bits per heavy atom. The monoisotopic (exact) mass is 445 g/mol. The molecular weight excluding hydrogens is 434 g/mol. The molecule has 1 amide bonds. The topological polar surface area (TPSA) is 46.6 Å². The summed E-state index contributed by atoms with van der Waals surface area (Å²) in [5.41, 5.74) is 1.92. The number of β-lactam (4-membered cyclic amide) rings is 1. The van der Waals surface area contributed by atoms with Gasteiger partial charge in [-0.1, -0.05) is 62.2 Å². The second-order valence-electron chi connectivity index (χ2n) is 4.91. The maximum absolute atomic E-state index is 12.9. The lowest BCUT2D eigenvalue weighted by Crippen LogP contribution is -2.66. The molecule has 1 aromatic rings. The van der Waals surface area contributed by atoms with Crippen molar-refractivity contribution >= 4 is 55.3 Å². The summed E-state index contributed by atoms with van der Waals surface area (Å²) in [5, 5.41) is 0.366. The van der Waals surface area contributed by atoms with Gasteiger partial charge in [0.15, 0.2) is 6.10 Å². The number of benzene rings is 1. The number of hydrogen-bond acceptors (Lipinski definition) is 4. The molecule has 0 aromatic heterocycles. The average Bonchev–Trinajstić information content (AvgIpc) is 2.54. The largest absolute Gasteiger partial charge is 0.368 e. The van der Waals surface area contributed by atoms with Crippen LogP contribution in [0.2, 0.25) is 0 Å². The van der Waals surface area contributed by atoms with E-state index in [9.17, 15) is 9.59 Å². The number of carbonyl (C=O) groups is 2. The van der Waals surface area contributed by atoms with E-state index in [1.165, 1.54) is 7.11 Å². The fourth-order valence-corrected chi connectivity index (χ4v) is 6.18. The van der Waals surface area contributed by atoms with Crippen LogP contribution in [0.25, 0.3) is 0 Å². The zero-order chi connectivity index (χ0) is 15.9. The van der Waals surface area contributed by atoms with E-state index in [-0.39, 0.29) is 21.2 Å². The van der Waals surface area contributed by atoms with Gasteiger partial charge in [0, 0.05) is 18.0 Å². The number of rotatable bonds is 4. The second-order valence-corrected chi connectivity index (χ2v) is 8.22. The Bertz CT molecular complexity index is 649. The smallest absolute Gasteiger partial charge is 0.260 e. The van der Waals surface area contributed by atoms with Crippen LogP contribution < -0.4 is 0 Å². The second kappa shape index (κ2) is 6.47. The molecule has 0 bridgehead atoms. The molecule has 0 N–H and O–H groups in total. The normalized spacial score (nSPS) is 27.5. The molecule has 1 fully saturated rings. The van der Waals surface area contributed by atoms with E-state index in [0.717, 1.165) is 5.57 Å². The van der Waals surface area contributed by atoms with E-state index in [1.807, 2.05) is 18.2 Å². The van der Waals surface area contributed by atoms with Crippen LogP contribution >= 0.6 is 43.6 Å². The fourth-order valence-electron chi connectivity index (χ4n) is 2.60. The molecular formula is C15H13Br2NO3S. The van der Waals surface area contributed by atoms with E-state index < -0.39 is 6.10 Å². The highest BCUT2D eigenvalue weighted by Gasteiger charge is 2.55. The molecule has 0 radical (unpaired) electrons. The van der Waals surface area contributed by atoms with Crippen molar-refractivity contribution in [1.82, 2.24) is 4.90 Å². The van der Waals surface area contributed by atoms with Crippen molar-refractivity contribution in [2.45, 2.75) is 15.6 Å². The molecule has 3 rings (SSSR count). The fraction of sp³-hybridized carbons (Fsp3) is 0.333. The Kier molecular flexibility index (Phi) is 4.77. The molecule has 2 aliphatic heterocycles. The Morgan fingerprint density at radius 1 is 1.36 bits per heavy atom. The molecule has 0 spiro atoms. The lowest BCUT2D eigenvalue weighted by Gasteiger charge is -2.50. The van der Waals surface area contributed by atoms with Gasteiger partial charge in [0.05, 0.1) is 9.86 Å². The van der Waals surface area contributed by atoms with Gasteiger partial charge in [-0.05, 0) is 5.57 Å². The molecule has 0 saturated carbocycles. The summed E-state index contributed by atoms with van der Waals surface area (Å²) in [6.07, 6.45) is -0.486. The minimum absolute atomic E-state index is 0.0264. The summed E-state index contributed by atoms with van der Waals surface area (Å²) in [6.45, 7) is 0. The molecule has 7 heteroatoms. The van der Waals surface area contributed by atoms with E-state index in [0.29, 0.717) is 16.6 Å². The highest BCUT2D eigenvalue weighted by atomic mass is 79.9. The predicted molar refractivity (Wildman–Crippen MR) is 93.3 cm³/mol. The van der Waals surface area contributed by atoms with Gasteiger partial charge in [0.2, 0.25) is 5.78 Å². The van der Waals surface area contributed by atoms with Gasteiger partial charge in [-0.25, -0.2) is 0 Å². The van der Waals surface area contributed by atoms with E-state index in [1.54, 1.807) is 28.8 Å². The van der Waals surface area contributed by atoms with Crippen molar-refractivity contribution in [3.63, 3.8) is 0 Å². The Labute approximate surface area is 149 Å². The highest BCUT2D eigenvalue weighted by Crippen LogP contribution is 2.48. The van der Waals surface area contributed by atoms with Crippen molar-refractivity contribution in [3.05, 3.63) is 47.2 Å². The van der Waals surface area contributed by atoms with Gasteiger partial charge in [-0.2, -0.15) is 0 Å². The maximum Gasteiger partial charge on any atom is 0.260 e. The summed E-state index contributed by atoms with van der Waals surface area (Å²) >= 11 is 8.62. The molecule has 22 heavy (non-hydrogen) atoms. The van der Waals surface area contributed by atoms with Crippen molar-refractivity contribution in [1.29, 1.82) is 0 Å². The third-order valence-corrected chi connectivity index (χ3v) is 6.79. The number of thioether (sulfide) groups is 1. The number of ketones is 1. The number of carbonyl (C=O) groups excluding carboxylic acids is 2. The SMILES string of the molecule is CO[C@H]1C(=O)N2C(C(=O)c3ccccc3)=C(CBr)C(Br)S[C@@H]12. The predicted octanol–water partition coefficient (Wildman–Crippen LogP) is 3.17. The molecule has 116 valence electrons. The van der Waals surface area contributed by atoms with Crippen molar-refractivity contribution < 1.29 is 14.3 Å². The molecule has 1 saturated heterocycles. The summed E-state index contributed by atoms with van der Waals surface area (Å²) in [4.78, 5) is 26.8. The van der Waals surface area contributed by atoms with Gasteiger partial charge in [0.25, 0.3) is 5.91 Å². The van der Waals surface area contributed by atoms with E-state index >= 15 is 0 Å². The highest BCUT2D eigenvalue weighted by molar-refractivity contribution is 9.11. The van der Waals surface area contributed by atoms with Crippen LogP contribution in [0, 0.1) is 0 Å². The van der Waals surface area contributed by atoms with Gasteiger partial charge < -0.3 is 4.74 Å². The molecule has 2 aliphatic rings. The third-order valence-electron chi connectivity index (χ3n) is 3.72. The van der Waals surface area contributed by atoms with Crippen LogP contribution in [-0.2, 0) is 9.53 Å². The van der Waals surface area contributed by atoms with Crippen LogP contribution in [0.15, 0.2) is 41.6 Å². The van der Waals surface area contributed by atoms with Crippen LogP contribution in [0.4, 0.5) is 0 Å². The minimum Gasteiger partial charge on any atom is -0.368 e. The molecule has 1 unspecified atom stereocenters. The average molecular weight is 447 g/mol. The van der Waals surface area contributed by atoms with Crippen molar-refractivity contribution in [2.24, 2.45) is 0 Å². The van der Waals surface area contributed by atoms with Gasteiger partial charge >= 0.3 is 0 Å². The number of nitrogens with zero attached hydrogens (tertiary/aromatic N) is 1. The molecule has 2 heterocycles. The minimum atomic E-state index is -0.486. The molecule has 3 atom stereocenters. The summed E-state index contributed by atoms with van der Waals surface area (Å²) < 4.78 is 5.21. The quantitative estimate of drug-likeness (QED) is 0.405. The first kappa shape index (κ1) is 16.2. The first-order chi connectivity index (χ1) is 10.6. The van der Waals surface area contributed by atoms with Gasteiger partial charge in [-0.3, -0.25) is 14.5 Å². The summed E-state index contributed by atoms with van der Waals surface area (Å²) in [5.74, 6) is -0.287. The van der Waals surface area contributed by atoms with Crippen LogP contribution in [0.1, 0.15) is 10.4 Å². The van der Waals surface area contributed by atoms with Crippen molar-refractivity contribution in [2.75, 3.05) is 12.4 Å². The maximum atomic E-state index is 12.9. The third kappa shape index (κ3) is 2.48. The Morgan fingerprint density at radius 3 is 2.64 bits per heavy atom. The first-order valence-corrected chi connectivity index (χ1v) is 9.62. The standard InChI is InChI=1S/C15H13Br2NO3S/c1-21-12-14(20)18-10(9(7-16)13(17)22-15(12)18)11(19)8-5-3-2-4-6-8/h2-6,12-13,15H,7H2,1H3/t12-,13?,15-/m0/s1. The van der Waals surface area contributed by atoms with Gasteiger partial charge in [0.1, 0.15) is 5.37 Å². The number of hydrogen-bond donors (Lipinski definition) is 0. The number of alkyl halides is 2. The van der Waals surface area contributed by atoms with E-state index in [2.05, 4.69) is 31.9 Å². The zero-order valence-corrected chi connectivity index (χ0v) is 15.7. The number of allylic oxidation sites excluding steroid dienone is 1. The number of ether oxygens (including phenoxy) is 1. The van der Waals surface area contributed by atoms with E-state index in [4.69, 9.17) is 4.74 Å². The van der Waals surface area contributed by atoms with Crippen LogP contribution in [0.3, 0.4) is 0 Å². The Balaban J connectivity index is 2.05. The zero-order valence-electron chi connectivity index (χ0n) is 11.7. The number of fused-ring (bicyclic) bond motifs is 1. The first-order valence-electron chi connectivity index (χ1n) is 6.64. The van der Waals surface area contributed by atoms with Gasteiger partial charge in [-0.15, -0.1) is 11.8 Å². The Hall–Kier alpha value is -0.630. The number of Topliss-reactive ketones (excluding diaryl/α,β-unsaturated/α-hetero) is 1. The number of methoxy groups -OCH3 is 1. The summed E-state index contributed by atoms with van der Waals surface area (Å²) in [7, 11) is 1.52. The van der Waals surface area contributed by atoms with Crippen LogP contribution in [0.5, 0.6) is 0 Å². The number of halogens is 2. The van der Waals surface area contributed by atoms with Crippen molar-refractivity contribution in [3.8, 4) is 0 Å². The lowest BCUT2D eigenvalue weighted by molar-refractivity contribution is -0.158. The van der Waals surface area contributed by atoms with Crippen LogP contribution in [-0.4, -0.2) is 44.7 Å². The molecule has 0 aliphatic carbocycles.